The van der Waals surface area contributed by atoms with Crippen LogP contribution < -0.4 is 0 Å². The topological polar surface area (TPSA) is 56.7 Å². The lowest BCUT2D eigenvalue weighted by molar-refractivity contribution is 0.0686. The maximum Gasteiger partial charge on any atom is 0.354 e. The zero-order valence-electron chi connectivity index (χ0n) is 12.2. The van der Waals surface area contributed by atoms with E-state index in [0.717, 1.165) is 38.0 Å². The minimum absolute atomic E-state index is 0.181. The third-order valence-corrected chi connectivity index (χ3v) is 3.96. The number of carboxylic acids is 1. The first kappa shape index (κ1) is 14.9. The zero-order chi connectivity index (χ0) is 14.5. The van der Waals surface area contributed by atoms with E-state index >= 15 is 0 Å². The first-order valence-electron chi connectivity index (χ1n) is 7.21. The van der Waals surface area contributed by atoms with Gasteiger partial charge >= 0.3 is 5.97 Å². The third-order valence-electron chi connectivity index (χ3n) is 3.96. The summed E-state index contributed by atoms with van der Waals surface area (Å²) in [4.78, 5) is 20.0. The highest BCUT2D eigenvalue weighted by molar-refractivity contribution is 5.86. The van der Waals surface area contributed by atoms with Crippen molar-refractivity contribution in [3.05, 3.63) is 29.6 Å². The number of hydrogen-bond donors (Lipinski definition) is 1. The maximum atomic E-state index is 11.2. The molecule has 0 radical (unpaired) electrons. The fourth-order valence-electron chi connectivity index (χ4n) is 2.87. The normalized spacial score (nSPS) is 21.6. The van der Waals surface area contributed by atoms with E-state index in [1.807, 2.05) is 12.1 Å². The highest BCUT2D eigenvalue weighted by Crippen LogP contribution is 2.17. The molecule has 110 valence electrons. The summed E-state index contributed by atoms with van der Waals surface area (Å²) < 4.78 is 0. The molecule has 1 N–H and O–H groups in total. The van der Waals surface area contributed by atoms with Crippen molar-refractivity contribution in [2.24, 2.45) is 0 Å². The van der Waals surface area contributed by atoms with Crippen molar-refractivity contribution in [2.45, 2.75) is 32.4 Å². The second kappa shape index (κ2) is 6.81. The van der Waals surface area contributed by atoms with Gasteiger partial charge in [0.05, 0.1) is 0 Å². The monoisotopic (exact) mass is 277 g/mol. The van der Waals surface area contributed by atoms with Crippen LogP contribution in [0.15, 0.2) is 18.3 Å². The van der Waals surface area contributed by atoms with E-state index in [1.165, 1.54) is 0 Å². The average Bonchev–Trinajstić information content (AvgIpc) is 2.61. The molecule has 0 bridgehead atoms. The SMILES string of the molecule is CCC1CN(C)CCCN1Cc1cccnc1C(=O)O. The Morgan fingerprint density at radius 2 is 2.30 bits per heavy atom. The van der Waals surface area contributed by atoms with E-state index in [-0.39, 0.29) is 5.69 Å². The van der Waals surface area contributed by atoms with Crippen LogP contribution in [0, 0.1) is 0 Å². The summed E-state index contributed by atoms with van der Waals surface area (Å²) in [6, 6.07) is 4.16. The molecule has 0 aliphatic carbocycles. The number of aromatic nitrogens is 1. The van der Waals surface area contributed by atoms with Gasteiger partial charge in [-0.05, 0) is 38.1 Å². The number of nitrogens with zero attached hydrogens (tertiary/aromatic N) is 3. The molecule has 0 spiro atoms. The van der Waals surface area contributed by atoms with Crippen LogP contribution in [-0.4, -0.2) is 58.6 Å². The molecule has 0 amide bonds. The quantitative estimate of drug-likeness (QED) is 0.907. The predicted octanol–water partition coefficient (Wildman–Crippen LogP) is 1.70. The maximum absolute atomic E-state index is 11.2. The molecule has 1 aromatic rings. The van der Waals surface area contributed by atoms with E-state index in [0.29, 0.717) is 12.6 Å². The number of carboxylic acid groups (broad SMARTS) is 1. The molecular formula is C15H23N3O2. The Kier molecular flexibility index (Phi) is 5.09. The first-order chi connectivity index (χ1) is 9.61. The number of rotatable bonds is 4. The fraction of sp³-hybridized carbons (Fsp3) is 0.600. The lowest BCUT2D eigenvalue weighted by Crippen LogP contribution is -2.39. The predicted molar refractivity (Wildman–Crippen MR) is 77.8 cm³/mol. The van der Waals surface area contributed by atoms with Crippen LogP contribution in [0.2, 0.25) is 0 Å². The number of aromatic carboxylic acids is 1. The molecule has 1 aromatic heterocycles. The Balaban J connectivity index is 2.17. The molecule has 20 heavy (non-hydrogen) atoms. The summed E-state index contributed by atoms with van der Waals surface area (Å²) in [5, 5.41) is 9.23. The van der Waals surface area contributed by atoms with Gasteiger partial charge in [0.25, 0.3) is 0 Å². The molecule has 1 unspecified atom stereocenters. The Morgan fingerprint density at radius 1 is 1.50 bits per heavy atom. The Bertz CT molecular complexity index is 464. The summed E-state index contributed by atoms with van der Waals surface area (Å²) >= 11 is 0. The second-order valence-corrected chi connectivity index (χ2v) is 5.46. The Morgan fingerprint density at radius 3 is 3.00 bits per heavy atom. The van der Waals surface area contributed by atoms with Gasteiger partial charge in [-0.25, -0.2) is 9.78 Å². The van der Waals surface area contributed by atoms with Crippen LogP contribution >= 0.6 is 0 Å². The molecule has 0 aromatic carbocycles. The van der Waals surface area contributed by atoms with E-state index in [1.54, 1.807) is 6.20 Å². The molecule has 1 atom stereocenters. The lowest BCUT2D eigenvalue weighted by Gasteiger charge is -2.30. The molecule has 1 saturated heterocycles. The highest BCUT2D eigenvalue weighted by Gasteiger charge is 2.23. The van der Waals surface area contributed by atoms with Crippen molar-refractivity contribution in [2.75, 3.05) is 26.7 Å². The minimum Gasteiger partial charge on any atom is -0.477 e. The average molecular weight is 277 g/mol. The van der Waals surface area contributed by atoms with Crippen LogP contribution in [0.3, 0.4) is 0 Å². The molecule has 5 nitrogen and oxygen atoms in total. The second-order valence-electron chi connectivity index (χ2n) is 5.46. The number of pyridine rings is 1. The van der Waals surface area contributed by atoms with Crippen LogP contribution in [-0.2, 0) is 6.54 Å². The molecular weight excluding hydrogens is 254 g/mol. The fourth-order valence-corrected chi connectivity index (χ4v) is 2.87. The van der Waals surface area contributed by atoms with Gasteiger partial charge in [0.1, 0.15) is 0 Å². The third kappa shape index (κ3) is 3.55. The number of hydrogen-bond acceptors (Lipinski definition) is 4. The summed E-state index contributed by atoms with van der Waals surface area (Å²) in [5.41, 5.74) is 0.989. The Hall–Kier alpha value is -1.46. The molecule has 2 heterocycles. The molecule has 1 fully saturated rings. The van der Waals surface area contributed by atoms with Crippen molar-refractivity contribution in [1.82, 2.24) is 14.8 Å². The van der Waals surface area contributed by atoms with E-state index < -0.39 is 5.97 Å². The van der Waals surface area contributed by atoms with Gasteiger partial charge in [-0.3, -0.25) is 4.90 Å². The van der Waals surface area contributed by atoms with Gasteiger partial charge in [-0.2, -0.15) is 0 Å². The largest absolute Gasteiger partial charge is 0.477 e. The smallest absolute Gasteiger partial charge is 0.354 e. The standard InChI is InChI=1S/C15H23N3O2/c1-3-13-11-17(2)8-5-9-18(13)10-12-6-4-7-16-14(12)15(19)20/h4,6-7,13H,3,5,8-11H2,1-2H3,(H,19,20). The molecule has 1 aliphatic heterocycles. The molecule has 0 saturated carbocycles. The van der Waals surface area contributed by atoms with Crippen LogP contribution in [0.5, 0.6) is 0 Å². The first-order valence-corrected chi connectivity index (χ1v) is 7.21. The van der Waals surface area contributed by atoms with E-state index in [9.17, 15) is 9.90 Å². The highest BCUT2D eigenvalue weighted by atomic mass is 16.4. The van der Waals surface area contributed by atoms with Crippen molar-refractivity contribution < 1.29 is 9.90 Å². The summed E-state index contributed by atoms with van der Waals surface area (Å²) in [6.45, 7) is 6.02. The van der Waals surface area contributed by atoms with Crippen molar-refractivity contribution in [1.29, 1.82) is 0 Å². The van der Waals surface area contributed by atoms with Gasteiger partial charge in [0, 0.05) is 31.9 Å². The summed E-state index contributed by atoms with van der Waals surface area (Å²) in [7, 11) is 2.15. The molecule has 5 heteroatoms. The van der Waals surface area contributed by atoms with Gasteiger partial charge in [-0.1, -0.05) is 13.0 Å². The molecule has 2 rings (SSSR count). The minimum atomic E-state index is -0.944. The number of likely N-dealkylation sites (N-methyl/N-ethyl adjacent to an activating group) is 1. The molecule has 1 aliphatic rings. The summed E-state index contributed by atoms with van der Waals surface area (Å²) in [6.07, 6.45) is 3.74. The van der Waals surface area contributed by atoms with Gasteiger partial charge < -0.3 is 10.0 Å². The van der Waals surface area contributed by atoms with Gasteiger partial charge in [0.2, 0.25) is 0 Å². The van der Waals surface area contributed by atoms with E-state index in [2.05, 4.69) is 28.8 Å². The van der Waals surface area contributed by atoms with Crippen LogP contribution in [0.1, 0.15) is 35.8 Å². The van der Waals surface area contributed by atoms with Crippen molar-refractivity contribution in [3.8, 4) is 0 Å². The van der Waals surface area contributed by atoms with E-state index in [4.69, 9.17) is 0 Å². The van der Waals surface area contributed by atoms with Crippen molar-refractivity contribution in [3.63, 3.8) is 0 Å². The lowest BCUT2D eigenvalue weighted by atomic mass is 10.1. The van der Waals surface area contributed by atoms with Crippen molar-refractivity contribution >= 4 is 5.97 Å². The van der Waals surface area contributed by atoms with Crippen LogP contribution in [0.4, 0.5) is 0 Å². The number of carbonyl (C=O) groups is 1. The van der Waals surface area contributed by atoms with Crippen LogP contribution in [0.25, 0.3) is 0 Å². The van der Waals surface area contributed by atoms with Gasteiger partial charge in [-0.15, -0.1) is 0 Å². The zero-order valence-corrected chi connectivity index (χ0v) is 12.2. The Labute approximate surface area is 120 Å². The summed E-state index contributed by atoms with van der Waals surface area (Å²) in [5.74, 6) is -0.944. The van der Waals surface area contributed by atoms with Gasteiger partial charge in [0.15, 0.2) is 5.69 Å².